The molecule has 3 nitrogen and oxygen atoms in total. The van der Waals surface area contributed by atoms with Gasteiger partial charge in [0.1, 0.15) is 0 Å². The van der Waals surface area contributed by atoms with Crippen LogP contribution in [0.2, 0.25) is 0 Å². The number of aromatic nitrogens is 2. The smallest absolute Gasteiger partial charge is 0.0625 e. The molecule has 2 N–H and O–H groups in total. The topological polar surface area (TPSA) is 40.7 Å². The zero-order chi connectivity index (χ0) is 10.5. The molecule has 0 bridgehead atoms. The first kappa shape index (κ1) is 10.7. The van der Waals surface area contributed by atoms with Crippen LogP contribution in [0.3, 0.4) is 0 Å². The molecule has 0 spiro atoms. The minimum atomic E-state index is 0.739. The van der Waals surface area contributed by atoms with Gasteiger partial charge in [0.25, 0.3) is 0 Å². The number of hydrogen-bond acceptors (Lipinski definition) is 2. The first-order valence-electron chi connectivity index (χ1n) is 6.15. The number of aromatic amines is 1. The van der Waals surface area contributed by atoms with Gasteiger partial charge in [0.2, 0.25) is 0 Å². The molecule has 1 aliphatic carbocycles. The van der Waals surface area contributed by atoms with Gasteiger partial charge < -0.3 is 5.32 Å². The van der Waals surface area contributed by atoms with Crippen LogP contribution >= 0.6 is 0 Å². The number of rotatable bonds is 5. The Morgan fingerprint density at radius 2 is 2.27 bits per heavy atom. The fraction of sp³-hybridized carbons (Fsp3) is 0.750. The second-order valence-corrected chi connectivity index (χ2v) is 4.50. The molecule has 15 heavy (non-hydrogen) atoms. The van der Waals surface area contributed by atoms with E-state index in [1.165, 1.54) is 43.5 Å². The molecule has 1 fully saturated rings. The monoisotopic (exact) mass is 207 g/mol. The Bertz CT molecular complexity index is 287. The molecule has 0 amide bonds. The van der Waals surface area contributed by atoms with E-state index in [4.69, 9.17) is 0 Å². The van der Waals surface area contributed by atoms with E-state index in [9.17, 15) is 0 Å². The van der Waals surface area contributed by atoms with Crippen LogP contribution in [0.5, 0.6) is 0 Å². The Labute approximate surface area is 91.7 Å². The molecule has 0 saturated heterocycles. The van der Waals surface area contributed by atoms with Crippen molar-refractivity contribution in [3.8, 4) is 0 Å². The molecular formula is C12H21N3. The van der Waals surface area contributed by atoms with Crippen molar-refractivity contribution in [2.75, 3.05) is 0 Å². The summed E-state index contributed by atoms with van der Waals surface area (Å²) in [6.07, 6.45) is 7.72. The number of nitrogens with one attached hydrogen (secondary N) is 2. The van der Waals surface area contributed by atoms with Gasteiger partial charge in [0, 0.05) is 18.3 Å². The molecule has 2 rings (SSSR count). The SMILES string of the molecule is CCCc1cc(CNC2CCCC2)[nH]n1. The van der Waals surface area contributed by atoms with Crippen molar-refractivity contribution in [2.24, 2.45) is 0 Å². The molecular weight excluding hydrogens is 186 g/mol. The van der Waals surface area contributed by atoms with Crippen LogP contribution in [0, 0.1) is 0 Å². The lowest BCUT2D eigenvalue weighted by atomic mass is 10.2. The lowest BCUT2D eigenvalue weighted by Crippen LogP contribution is -2.25. The fourth-order valence-corrected chi connectivity index (χ4v) is 2.27. The van der Waals surface area contributed by atoms with Crippen LogP contribution in [-0.4, -0.2) is 16.2 Å². The number of H-pyrrole nitrogens is 1. The Balaban J connectivity index is 1.77. The third-order valence-electron chi connectivity index (χ3n) is 3.13. The standard InChI is InChI=1S/C12H21N3/c1-2-5-11-8-12(15-14-11)9-13-10-6-3-4-7-10/h8,10,13H,2-7,9H2,1H3,(H,14,15). The van der Waals surface area contributed by atoms with Crippen molar-refractivity contribution < 1.29 is 0 Å². The third kappa shape index (κ3) is 3.06. The summed E-state index contributed by atoms with van der Waals surface area (Å²) in [5, 5.41) is 11.0. The van der Waals surface area contributed by atoms with E-state index in [-0.39, 0.29) is 0 Å². The van der Waals surface area contributed by atoms with E-state index in [1.807, 2.05) is 0 Å². The van der Waals surface area contributed by atoms with Gasteiger partial charge in [0.05, 0.1) is 5.69 Å². The molecule has 1 saturated carbocycles. The van der Waals surface area contributed by atoms with Crippen LogP contribution in [0.15, 0.2) is 6.07 Å². The Morgan fingerprint density at radius 1 is 1.47 bits per heavy atom. The predicted molar refractivity (Wildman–Crippen MR) is 61.7 cm³/mol. The highest BCUT2D eigenvalue weighted by Gasteiger charge is 2.14. The van der Waals surface area contributed by atoms with Crippen LogP contribution in [0.4, 0.5) is 0 Å². The van der Waals surface area contributed by atoms with Gasteiger partial charge >= 0.3 is 0 Å². The van der Waals surface area contributed by atoms with Crippen molar-refractivity contribution in [1.29, 1.82) is 0 Å². The van der Waals surface area contributed by atoms with Crippen molar-refractivity contribution >= 4 is 0 Å². The first-order chi connectivity index (χ1) is 7.38. The van der Waals surface area contributed by atoms with E-state index >= 15 is 0 Å². The molecule has 0 unspecified atom stereocenters. The van der Waals surface area contributed by atoms with Crippen LogP contribution in [-0.2, 0) is 13.0 Å². The highest BCUT2D eigenvalue weighted by atomic mass is 15.1. The second kappa shape index (κ2) is 5.31. The summed E-state index contributed by atoms with van der Waals surface area (Å²) in [6.45, 7) is 3.13. The molecule has 0 aliphatic heterocycles. The maximum atomic E-state index is 4.29. The quantitative estimate of drug-likeness (QED) is 0.778. The van der Waals surface area contributed by atoms with Crippen LogP contribution in [0.25, 0.3) is 0 Å². The molecule has 0 atom stereocenters. The van der Waals surface area contributed by atoms with E-state index in [0.29, 0.717) is 0 Å². The molecule has 0 aromatic carbocycles. The minimum absolute atomic E-state index is 0.739. The highest BCUT2D eigenvalue weighted by molar-refractivity contribution is 5.08. The summed E-state index contributed by atoms with van der Waals surface area (Å²) in [5.41, 5.74) is 2.42. The summed E-state index contributed by atoms with van der Waals surface area (Å²) in [5.74, 6) is 0. The van der Waals surface area contributed by atoms with Gasteiger partial charge in [-0.1, -0.05) is 26.2 Å². The Morgan fingerprint density at radius 3 is 3.00 bits per heavy atom. The summed E-state index contributed by atoms with van der Waals surface area (Å²) in [4.78, 5) is 0. The van der Waals surface area contributed by atoms with Gasteiger partial charge in [0.15, 0.2) is 0 Å². The Hall–Kier alpha value is -0.830. The van der Waals surface area contributed by atoms with E-state index in [0.717, 1.165) is 19.0 Å². The molecule has 84 valence electrons. The average molecular weight is 207 g/mol. The molecule has 1 aliphatic rings. The van der Waals surface area contributed by atoms with Crippen molar-refractivity contribution in [2.45, 2.75) is 58.0 Å². The maximum Gasteiger partial charge on any atom is 0.0625 e. The molecule has 1 heterocycles. The van der Waals surface area contributed by atoms with E-state index in [2.05, 4.69) is 28.5 Å². The predicted octanol–water partition coefficient (Wildman–Crippen LogP) is 2.39. The molecule has 3 heteroatoms. The molecule has 1 aromatic rings. The zero-order valence-corrected chi connectivity index (χ0v) is 9.55. The van der Waals surface area contributed by atoms with Crippen molar-refractivity contribution in [3.05, 3.63) is 17.5 Å². The second-order valence-electron chi connectivity index (χ2n) is 4.50. The average Bonchev–Trinajstić information content (AvgIpc) is 2.85. The van der Waals surface area contributed by atoms with Gasteiger partial charge in [-0.15, -0.1) is 0 Å². The fourth-order valence-electron chi connectivity index (χ4n) is 2.27. The number of nitrogens with zero attached hydrogens (tertiary/aromatic N) is 1. The van der Waals surface area contributed by atoms with Gasteiger partial charge in [-0.2, -0.15) is 5.10 Å². The number of hydrogen-bond donors (Lipinski definition) is 2. The number of aryl methyl sites for hydroxylation is 1. The maximum absolute atomic E-state index is 4.29. The summed E-state index contributed by atoms with van der Waals surface area (Å²) in [6, 6.07) is 2.92. The lowest BCUT2D eigenvalue weighted by molar-refractivity contribution is 0.519. The third-order valence-corrected chi connectivity index (χ3v) is 3.13. The normalized spacial score (nSPS) is 17.4. The molecule has 0 radical (unpaired) electrons. The van der Waals surface area contributed by atoms with Crippen molar-refractivity contribution in [1.82, 2.24) is 15.5 Å². The van der Waals surface area contributed by atoms with Gasteiger partial charge in [-0.25, -0.2) is 0 Å². The highest BCUT2D eigenvalue weighted by Crippen LogP contribution is 2.17. The Kier molecular flexibility index (Phi) is 3.78. The lowest BCUT2D eigenvalue weighted by Gasteiger charge is -2.09. The van der Waals surface area contributed by atoms with Crippen molar-refractivity contribution in [3.63, 3.8) is 0 Å². The van der Waals surface area contributed by atoms with Gasteiger partial charge in [-0.05, 0) is 25.3 Å². The summed E-state index contributed by atoms with van der Waals surface area (Å²) < 4.78 is 0. The van der Waals surface area contributed by atoms with Gasteiger partial charge in [-0.3, -0.25) is 5.10 Å². The van der Waals surface area contributed by atoms with Crippen LogP contribution < -0.4 is 5.32 Å². The van der Waals surface area contributed by atoms with Crippen LogP contribution in [0.1, 0.15) is 50.4 Å². The minimum Gasteiger partial charge on any atom is -0.308 e. The molecule has 1 aromatic heterocycles. The van der Waals surface area contributed by atoms with E-state index in [1.54, 1.807) is 0 Å². The summed E-state index contributed by atoms with van der Waals surface area (Å²) >= 11 is 0. The van der Waals surface area contributed by atoms with E-state index < -0.39 is 0 Å². The summed E-state index contributed by atoms with van der Waals surface area (Å²) in [7, 11) is 0. The largest absolute Gasteiger partial charge is 0.308 e. The first-order valence-corrected chi connectivity index (χ1v) is 6.15. The zero-order valence-electron chi connectivity index (χ0n) is 9.55.